The number of urea groups is 1. The quantitative estimate of drug-likeness (QED) is 0.821. The number of rotatable bonds is 5. The van der Waals surface area contributed by atoms with E-state index in [0.717, 1.165) is 11.3 Å². The largest absolute Gasteiger partial charge is 0.396 e. The van der Waals surface area contributed by atoms with Gasteiger partial charge in [0.05, 0.1) is 17.8 Å². The number of benzene rings is 1. The van der Waals surface area contributed by atoms with E-state index >= 15 is 0 Å². The summed E-state index contributed by atoms with van der Waals surface area (Å²) in [5.41, 5.74) is 2.41. The first kappa shape index (κ1) is 19.7. The number of aliphatic hydroxyl groups is 1. The molecule has 2 aromatic rings. The lowest BCUT2D eigenvalue weighted by atomic mass is 10.1. The maximum atomic E-state index is 13.7. The number of fused-ring (bicyclic) bond motifs is 1. The number of aliphatic hydroxyl groups excluding tert-OH is 1. The van der Waals surface area contributed by atoms with Crippen LogP contribution in [0.2, 0.25) is 0 Å². The lowest BCUT2D eigenvalue weighted by Crippen LogP contribution is -2.43. The second kappa shape index (κ2) is 8.76. The van der Waals surface area contributed by atoms with E-state index in [4.69, 9.17) is 5.26 Å². The smallest absolute Gasteiger partial charge is 0.318 e. The van der Waals surface area contributed by atoms with Crippen molar-refractivity contribution in [1.82, 2.24) is 20.2 Å². The van der Waals surface area contributed by atoms with Crippen LogP contribution in [0.3, 0.4) is 0 Å². The molecule has 1 aliphatic rings. The Morgan fingerprint density at radius 1 is 1.50 bits per heavy atom. The predicted octanol–water partition coefficient (Wildman–Crippen LogP) is 1.93. The highest BCUT2D eigenvalue weighted by molar-refractivity contribution is 5.74. The fourth-order valence-corrected chi connectivity index (χ4v) is 3.04. The predicted molar refractivity (Wildman–Crippen MR) is 99.5 cm³/mol. The summed E-state index contributed by atoms with van der Waals surface area (Å²) in [6.45, 7) is 3.11. The first-order chi connectivity index (χ1) is 13.5. The molecule has 146 valence electrons. The van der Waals surface area contributed by atoms with Crippen LogP contribution in [0.4, 0.5) is 9.18 Å². The number of halogens is 1. The zero-order valence-corrected chi connectivity index (χ0v) is 15.7. The van der Waals surface area contributed by atoms with Gasteiger partial charge in [-0.25, -0.2) is 19.2 Å². The number of hydrogen-bond donors (Lipinski definition) is 2. The highest BCUT2D eigenvalue weighted by Crippen LogP contribution is 2.18. The van der Waals surface area contributed by atoms with Crippen LogP contribution in [0.25, 0.3) is 0 Å². The maximum Gasteiger partial charge on any atom is 0.318 e. The van der Waals surface area contributed by atoms with Crippen LogP contribution in [0.5, 0.6) is 0 Å². The van der Waals surface area contributed by atoms with E-state index in [1.807, 2.05) is 6.92 Å². The van der Waals surface area contributed by atoms with Crippen molar-refractivity contribution < 1.29 is 14.3 Å². The number of carbonyl (C=O) groups is 1. The fourth-order valence-electron chi connectivity index (χ4n) is 3.04. The number of amides is 2. The molecular formula is C20H22FN5O2. The van der Waals surface area contributed by atoms with E-state index in [9.17, 15) is 14.3 Å². The molecule has 0 saturated carbocycles. The summed E-state index contributed by atoms with van der Waals surface area (Å²) in [5, 5.41) is 20.7. The van der Waals surface area contributed by atoms with Gasteiger partial charge in [-0.3, -0.25) is 0 Å². The summed E-state index contributed by atoms with van der Waals surface area (Å²) in [7, 11) is 0. The van der Waals surface area contributed by atoms with Gasteiger partial charge in [0.25, 0.3) is 0 Å². The zero-order valence-electron chi connectivity index (χ0n) is 15.7. The van der Waals surface area contributed by atoms with Gasteiger partial charge in [-0.15, -0.1) is 0 Å². The molecule has 0 spiro atoms. The van der Waals surface area contributed by atoms with E-state index in [1.165, 1.54) is 12.1 Å². The van der Waals surface area contributed by atoms with Crippen molar-refractivity contribution in [3.05, 3.63) is 58.4 Å². The molecule has 7 nitrogen and oxygen atoms in total. The van der Waals surface area contributed by atoms with Crippen molar-refractivity contribution in [3.63, 3.8) is 0 Å². The van der Waals surface area contributed by atoms with Gasteiger partial charge in [0, 0.05) is 32.3 Å². The van der Waals surface area contributed by atoms with Gasteiger partial charge in [-0.1, -0.05) is 13.0 Å². The van der Waals surface area contributed by atoms with E-state index in [0.29, 0.717) is 37.3 Å². The number of nitrogens with zero attached hydrogens (tertiary/aromatic N) is 4. The highest BCUT2D eigenvalue weighted by Gasteiger charge is 2.22. The molecule has 2 heterocycles. The lowest BCUT2D eigenvalue weighted by molar-refractivity contribution is 0.190. The van der Waals surface area contributed by atoms with Gasteiger partial charge in [0.2, 0.25) is 0 Å². The van der Waals surface area contributed by atoms with E-state index < -0.39 is 5.82 Å². The number of aromatic nitrogens is 2. The van der Waals surface area contributed by atoms with Crippen molar-refractivity contribution in [2.75, 3.05) is 13.2 Å². The standard InChI is InChI=1S/C20H22FN5O2/c1-13(12-27)6-19-23-10-16-4-5-26(11-18(16)25-19)20(28)24-9-14-2-3-15(8-22)17(21)7-14/h2-3,7,10,13,27H,4-6,9,11-12H2,1H3,(H,24,28)/t13-/m1/s1. The number of hydrogen-bond acceptors (Lipinski definition) is 5. The molecular weight excluding hydrogens is 361 g/mol. The van der Waals surface area contributed by atoms with Gasteiger partial charge in [-0.05, 0) is 35.6 Å². The monoisotopic (exact) mass is 383 g/mol. The topological polar surface area (TPSA) is 102 Å². The minimum absolute atomic E-state index is 0.0197. The molecule has 1 aromatic heterocycles. The second-order valence-corrected chi connectivity index (χ2v) is 7.01. The molecule has 3 rings (SSSR count). The van der Waals surface area contributed by atoms with Crippen LogP contribution in [0.1, 0.15) is 35.1 Å². The number of carbonyl (C=O) groups excluding carboxylic acids is 1. The Bertz CT molecular complexity index is 912. The molecule has 0 radical (unpaired) electrons. The molecule has 1 atom stereocenters. The average molecular weight is 383 g/mol. The summed E-state index contributed by atoms with van der Waals surface area (Å²) in [4.78, 5) is 23.1. The van der Waals surface area contributed by atoms with Crippen molar-refractivity contribution in [2.45, 2.75) is 32.9 Å². The Hall–Kier alpha value is -3.05. The van der Waals surface area contributed by atoms with Crippen LogP contribution >= 0.6 is 0 Å². The third-order valence-electron chi connectivity index (χ3n) is 4.72. The van der Waals surface area contributed by atoms with Gasteiger partial charge in [0.1, 0.15) is 17.7 Å². The zero-order chi connectivity index (χ0) is 20.1. The molecule has 1 aliphatic heterocycles. The van der Waals surface area contributed by atoms with Crippen LogP contribution in [0.15, 0.2) is 24.4 Å². The number of nitriles is 1. The van der Waals surface area contributed by atoms with Crippen molar-refractivity contribution in [2.24, 2.45) is 5.92 Å². The summed E-state index contributed by atoms with van der Waals surface area (Å²) >= 11 is 0. The summed E-state index contributed by atoms with van der Waals surface area (Å²) in [6, 6.07) is 5.80. The minimum Gasteiger partial charge on any atom is -0.396 e. The Labute approximate surface area is 162 Å². The van der Waals surface area contributed by atoms with E-state index in [1.54, 1.807) is 23.2 Å². The first-order valence-electron chi connectivity index (χ1n) is 9.16. The van der Waals surface area contributed by atoms with Crippen LogP contribution in [-0.2, 0) is 25.9 Å². The summed E-state index contributed by atoms with van der Waals surface area (Å²) < 4.78 is 13.7. The molecule has 1 aromatic carbocycles. The Kier molecular flexibility index (Phi) is 6.16. The lowest BCUT2D eigenvalue weighted by Gasteiger charge is -2.28. The normalized spacial score (nSPS) is 14.1. The van der Waals surface area contributed by atoms with E-state index in [2.05, 4.69) is 15.3 Å². The maximum absolute atomic E-state index is 13.7. The highest BCUT2D eigenvalue weighted by atomic mass is 19.1. The molecule has 0 bridgehead atoms. The summed E-state index contributed by atoms with van der Waals surface area (Å²) in [6.07, 6.45) is 3.06. The molecule has 0 fully saturated rings. The van der Waals surface area contributed by atoms with Gasteiger partial charge >= 0.3 is 6.03 Å². The SMILES string of the molecule is C[C@@H](CO)Cc1ncc2c(n1)CN(C(=O)NCc1ccc(C#N)c(F)c1)CC2. The molecule has 2 N–H and O–H groups in total. The molecule has 0 unspecified atom stereocenters. The average Bonchev–Trinajstić information content (AvgIpc) is 2.71. The molecule has 0 saturated heterocycles. The van der Waals surface area contributed by atoms with Crippen LogP contribution < -0.4 is 5.32 Å². The fraction of sp³-hybridized carbons (Fsp3) is 0.400. The van der Waals surface area contributed by atoms with Crippen LogP contribution in [0, 0.1) is 23.1 Å². The molecule has 0 aliphatic carbocycles. The molecule has 28 heavy (non-hydrogen) atoms. The third kappa shape index (κ3) is 4.61. The molecule has 8 heteroatoms. The van der Waals surface area contributed by atoms with Crippen molar-refractivity contribution >= 4 is 6.03 Å². The van der Waals surface area contributed by atoms with Gasteiger partial charge < -0.3 is 15.3 Å². The Morgan fingerprint density at radius 3 is 3.04 bits per heavy atom. The number of nitrogens with one attached hydrogen (secondary N) is 1. The summed E-state index contributed by atoms with van der Waals surface area (Å²) in [5.74, 6) is 0.145. The minimum atomic E-state index is -0.595. The Balaban J connectivity index is 1.61. The van der Waals surface area contributed by atoms with E-state index in [-0.39, 0.29) is 30.7 Å². The van der Waals surface area contributed by atoms with Crippen molar-refractivity contribution in [1.29, 1.82) is 5.26 Å². The van der Waals surface area contributed by atoms with Gasteiger partial charge in [0.15, 0.2) is 0 Å². The van der Waals surface area contributed by atoms with Crippen LogP contribution in [-0.4, -0.2) is 39.2 Å². The van der Waals surface area contributed by atoms with Crippen molar-refractivity contribution in [3.8, 4) is 6.07 Å². The first-order valence-corrected chi connectivity index (χ1v) is 9.16. The molecule has 2 amide bonds. The Morgan fingerprint density at radius 2 is 2.32 bits per heavy atom. The third-order valence-corrected chi connectivity index (χ3v) is 4.72. The second-order valence-electron chi connectivity index (χ2n) is 7.01. The van der Waals surface area contributed by atoms with Gasteiger partial charge in [-0.2, -0.15) is 5.26 Å².